The van der Waals surface area contributed by atoms with Crippen LogP contribution in [0.1, 0.15) is 49.9 Å². The number of anilines is 3. The average Bonchev–Trinajstić information content (AvgIpc) is 3.67. The number of rotatable bonds is 6. The molecule has 2 aliphatic rings. The minimum atomic E-state index is -0.157. The number of hydrogen-bond acceptors (Lipinski definition) is 1. The lowest BCUT2D eigenvalue weighted by atomic mass is 9.80. The number of fused-ring (bicyclic) bond motifs is 8. The van der Waals surface area contributed by atoms with E-state index in [1.165, 1.54) is 88.7 Å². The van der Waals surface area contributed by atoms with Crippen molar-refractivity contribution < 1.29 is 0 Å². The molecule has 0 aliphatic heterocycles. The molecule has 0 saturated carbocycles. The van der Waals surface area contributed by atoms with E-state index in [2.05, 4.69) is 233 Å². The van der Waals surface area contributed by atoms with E-state index in [1.54, 1.807) is 0 Å². The summed E-state index contributed by atoms with van der Waals surface area (Å²) < 4.78 is 0. The Balaban J connectivity index is 1.13. The van der Waals surface area contributed by atoms with Gasteiger partial charge in [-0.1, -0.05) is 198 Å². The molecule has 0 N–H and O–H groups in total. The smallest absolute Gasteiger partial charge is 0.0540 e. The normalized spacial score (nSPS) is 14.0. The Labute approximate surface area is 347 Å². The highest BCUT2D eigenvalue weighted by Crippen LogP contribution is 2.56. The third kappa shape index (κ3) is 5.38. The summed E-state index contributed by atoms with van der Waals surface area (Å²) in [5.41, 5.74) is 21.3. The summed E-state index contributed by atoms with van der Waals surface area (Å²) in [6.45, 7) is 9.51. The Morgan fingerprint density at radius 2 is 0.915 bits per heavy atom. The first-order valence-electron chi connectivity index (χ1n) is 20.9. The van der Waals surface area contributed by atoms with Gasteiger partial charge in [-0.3, -0.25) is 0 Å². The Hall–Kier alpha value is -6.96. The Kier molecular flexibility index (Phi) is 7.94. The second kappa shape index (κ2) is 13.3. The molecule has 0 spiro atoms. The molecule has 9 aromatic rings. The summed E-state index contributed by atoms with van der Waals surface area (Å²) in [7, 11) is 0. The lowest BCUT2D eigenvalue weighted by Gasteiger charge is -2.31. The van der Waals surface area contributed by atoms with Crippen molar-refractivity contribution in [3.8, 4) is 55.6 Å². The fourth-order valence-electron chi connectivity index (χ4n) is 10.4. The summed E-state index contributed by atoms with van der Waals surface area (Å²) in [5, 5.41) is 2.62. The molecular formula is C58H45N. The van der Waals surface area contributed by atoms with Gasteiger partial charge in [-0.2, -0.15) is 0 Å². The van der Waals surface area contributed by atoms with E-state index >= 15 is 0 Å². The van der Waals surface area contributed by atoms with E-state index in [0.29, 0.717) is 0 Å². The van der Waals surface area contributed by atoms with E-state index in [9.17, 15) is 0 Å². The van der Waals surface area contributed by atoms with Crippen molar-refractivity contribution in [1.82, 2.24) is 0 Å². The molecule has 0 bridgehead atoms. The molecule has 282 valence electrons. The van der Waals surface area contributed by atoms with Crippen molar-refractivity contribution in [1.29, 1.82) is 0 Å². The Morgan fingerprint density at radius 3 is 1.75 bits per heavy atom. The first-order valence-corrected chi connectivity index (χ1v) is 20.9. The van der Waals surface area contributed by atoms with Gasteiger partial charge in [0.25, 0.3) is 0 Å². The number of hydrogen-bond donors (Lipinski definition) is 0. The van der Waals surface area contributed by atoms with Crippen LogP contribution < -0.4 is 4.90 Å². The lowest BCUT2D eigenvalue weighted by Crippen LogP contribution is -2.15. The maximum absolute atomic E-state index is 2.50. The van der Waals surface area contributed by atoms with Gasteiger partial charge in [0.15, 0.2) is 0 Å². The zero-order valence-corrected chi connectivity index (χ0v) is 34.0. The van der Waals surface area contributed by atoms with Crippen LogP contribution in [0.3, 0.4) is 0 Å². The second-order valence-corrected chi connectivity index (χ2v) is 17.3. The highest BCUT2D eigenvalue weighted by atomic mass is 15.1. The van der Waals surface area contributed by atoms with Crippen molar-refractivity contribution in [3.63, 3.8) is 0 Å². The van der Waals surface area contributed by atoms with Crippen molar-refractivity contribution in [3.05, 3.63) is 222 Å². The highest BCUT2D eigenvalue weighted by molar-refractivity contribution is 6.04. The summed E-state index contributed by atoms with van der Waals surface area (Å²) in [6.07, 6.45) is 0. The molecule has 0 atom stereocenters. The van der Waals surface area contributed by atoms with Gasteiger partial charge in [-0.25, -0.2) is 0 Å². The predicted octanol–water partition coefficient (Wildman–Crippen LogP) is 15.9. The van der Waals surface area contributed by atoms with Crippen molar-refractivity contribution >= 4 is 27.8 Å². The fourth-order valence-corrected chi connectivity index (χ4v) is 10.4. The topological polar surface area (TPSA) is 3.24 Å². The van der Waals surface area contributed by atoms with Crippen LogP contribution in [0.4, 0.5) is 17.1 Å². The molecule has 0 heterocycles. The van der Waals surface area contributed by atoms with Crippen LogP contribution in [0.15, 0.2) is 200 Å². The van der Waals surface area contributed by atoms with Gasteiger partial charge in [-0.15, -0.1) is 0 Å². The standard InChI is InChI=1S/C58H45N/c1-57(2)50-28-13-10-25-45(50)46-34-33-41(37-52(46)57)40-21-16-22-42(36-40)59(53-30-14-11-23-43(53)38-18-6-5-7-19-38)54-31-15-12-26-47(54)48-27-17-29-51-55(48)49-35-32-39-20-8-9-24-44(39)56(49)58(51,3)4/h5-37H,1-4H3. The van der Waals surface area contributed by atoms with Crippen molar-refractivity contribution in [2.45, 2.75) is 38.5 Å². The molecule has 11 rings (SSSR count). The zero-order chi connectivity index (χ0) is 39.9. The van der Waals surface area contributed by atoms with Crippen LogP contribution in [0, 0.1) is 0 Å². The molecule has 0 unspecified atom stereocenters. The molecule has 1 nitrogen and oxygen atoms in total. The summed E-state index contributed by atoms with van der Waals surface area (Å²) >= 11 is 0. The lowest BCUT2D eigenvalue weighted by molar-refractivity contribution is 0.660. The van der Waals surface area contributed by atoms with Gasteiger partial charge in [0.05, 0.1) is 11.4 Å². The van der Waals surface area contributed by atoms with Gasteiger partial charge >= 0.3 is 0 Å². The van der Waals surface area contributed by atoms with E-state index in [-0.39, 0.29) is 10.8 Å². The third-order valence-corrected chi connectivity index (χ3v) is 13.2. The van der Waals surface area contributed by atoms with Crippen LogP contribution in [0.2, 0.25) is 0 Å². The molecule has 0 fully saturated rings. The summed E-state index contributed by atoms with van der Waals surface area (Å²) in [6, 6.07) is 74.2. The average molecular weight is 756 g/mol. The van der Waals surface area contributed by atoms with Gasteiger partial charge in [0.2, 0.25) is 0 Å². The van der Waals surface area contributed by atoms with Crippen LogP contribution >= 0.6 is 0 Å². The van der Waals surface area contributed by atoms with E-state index in [0.717, 1.165) is 17.1 Å². The first kappa shape index (κ1) is 35.2. The highest BCUT2D eigenvalue weighted by Gasteiger charge is 2.39. The molecule has 0 aromatic heterocycles. The monoisotopic (exact) mass is 755 g/mol. The van der Waals surface area contributed by atoms with Gasteiger partial charge in [0.1, 0.15) is 0 Å². The molecule has 59 heavy (non-hydrogen) atoms. The van der Waals surface area contributed by atoms with Crippen LogP contribution in [-0.4, -0.2) is 0 Å². The fraction of sp³-hybridized carbons (Fsp3) is 0.103. The van der Waals surface area contributed by atoms with Gasteiger partial charge in [0, 0.05) is 27.6 Å². The largest absolute Gasteiger partial charge is 0.309 e. The Morgan fingerprint density at radius 1 is 0.339 bits per heavy atom. The molecular weight excluding hydrogens is 711 g/mol. The van der Waals surface area contributed by atoms with Crippen LogP contribution in [0.5, 0.6) is 0 Å². The zero-order valence-electron chi connectivity index (χ0n) is 34.0. The molecule has 0 amide bonds. The summed E-state index contributed by atoms with van der Waals surface area (Å²) in [5.74, 6) is 0. The number of nitrogens with zero attached hydrogens (tertiary/aromatic N) is 1. The van der Waals surface area contributed by atoms with Crippen molar-refractivity contribution in [2.24, 2.45) is 0 Å². The first-order chi connectivity index (χ1) is 28.8. The van der Waals surface area contributed by atoms with E-state index in [4.69, 9.17) is 0 Å². The molecule has 2 aliphatic carbocycles. The SMILES string of the molecule is CC1(C)c2ccccc2-c2ccc(-c3cccc(N(c4ccccc4-c4ccccc4)c4ccccc4-c4cccc5c4-c4ccc6ccccc6c4C5(C)C)c3)cc21. The number of para-hydroxylation sites is 2. The predicted molar refractivity (Wildman–Crippen MR) is 250 cm³/mol. The second-order valence-electron chi connectivity index (χ2n) is 17.3. The number of benzene rings is 9. The Bertz CT molecular complexity index is 3110. The van der Waals surface area contributed by atoms with E-state index < -0.39 is 0 Å². The maximum atomic E-state index is 2.50. The quantitative estimate of drug-likeness (QED) is 0.163. The minimum Gasteiger partial charge on any atom is -0.309 e. The summed E-state index contributed by atoms with van der Waals surface area (Å²) in [4.78, 5) is 2.50. The van der Waals surface area contributed by atoms with Gasteiger partial charge in [-0.05, 0) is 108 Å². The van der Waals surface area contributed by atoms with Crippen LogP contribution in [-0.2, 0) is 10.8 Å². The van der Waals surface area contributed by atoms with E-state index in [1.807, 2.05) is 0 Å². The maximum Gasteiger partial charge on any atom is 0.0540 e. The molecule has 1 heteroatoms. The molecule has 0 radical (unpaired) electrons. The molecule has 0 saturated heterocycles. The van der Waals surface area contributed by atoms with Crippen molar-refractivity contribution in [2.75, 3.05) is 4.90 Å². The third-order valence-electron chi connectivity index (χ3n) is 13.2. The minimum absolute atomic E-state index is 0.0748. The van der Waals surface area contributed by atoms with Gasteiger partial charge < -0.3 is 4.90 Å². The van der Waals surface area contributed by atoms with Crippen LogP contribution in [0.25, 0.3) is 66.4 Å². The molecule has 9 aromatic carbocycles.